The third kappa shape index (κ3) is 2.13. The second-order valence-corrected chi connectivity index (χ2v) is 5.18. The van der Waals surface area contributed by atoms with E-state index in [1.165, 1.54) is 11.8 Å². The molecule has 0 amide bonds. The fourth-order valence-electron chi connectivity index (χ4n) is 1.81. The lowest BCUT2D eigenvalue weighted by molar-refractivity contribution is 0.0698. The second-order valence-electron chi connectivity index (χ2n) is 5.18. The van der Waals surface area contributed by atoms with Crippen LogP contribution in [0.2, 0.25) is 0 Å². The first kappa shape index (κ1) is 11.6. The zero-order chi connectivity index (χ0) is 12.6. The quantitative estimate of drug-likeness (QED) is 0.816. The highest BCUT2D eigenvalue weighted by atomic mass is 16.4. The summed E-state index contributed by atoms with van der Waals surface area (Å²) in [6.07, 6.45) is 3.10. The minimum absolute atomic E-state index is 0.0490. The Labute approximate surface area is 100 Å². The standard InChI is InChI=1S/C14H15NO2/c1-14(2,3)10-4-5-11-9(6-10)7-15-8-12(11)13(16)17/h4-8H,1-3H3,(H,16,17). The lowest BCUT2D eigenvalue weighted by atomic mass is 9.86. The van der Waals surface area contributed by atoms with Gasteiger partial charge in [0.25, 0.3) is 0 Å². The molecule has 1 heterocycles. The number of carbonyl (C=O) groups is 1. The van der Waals surface area contributed by atoms with Gasteiger partial charge in [-0.05, 0) is 22.4 Å². The average molecular weight is 229 g/mol. The summed E-state index contributed by atoms with van der Waals surface area (Å²) < 4.78 is 0. The molecule has 0 saturated carbocycles. The highest BCUT2D eigenvalue weighted by Crippen LogP contribution is 2.27. The Morgan fingerprint density at radius 2 is 1.94 bits per heavy atom. The fraction of sp³-hybridized carbons (Fsp3) is 0.286. The van der Waals surface area contributed by atoms with Crippen LogP contribution < -0.4 is 0 Å². The summed E-state index contributed by atoms with van der Waals surface area (Å²) >= 11 is 0. The van der Waals surface area contributed by atoms with Crippen molar-refractivity contribution in [2.24, 2.45) is 0 Å². The van der Waals surface area contributed by atoms with Gasteiger partial charge in [-0.15, -0.1) is 0 Å². The molecule has 2 rings (SSSR count). The van der Waals surface area contributed by atoms with E-state index >= 15 is 0 Å². The van der Waals surface area contributed by atoms with Gasteiger partial charge in [0.05, 0.1) is 5.56 Å². The van der Waals surface area contributed by atoms with Crippen LogP contribution in [0.25, 0.3) is 10.8 Å². The molecule has 0 fully saturated rings. The van der Waals surface area contributed by atoms with E-state index in [0.717, 1.165) is 10.8 Å². The van der Waals surface area contributed by atoms with E-state index in [1.807, 2.05) is 18.2 Å². The number of pyridine rings is 1. The number of carboxylic acids is 1. The van der Waals surface area contributed by atoms with Crippen molar-refractivity contribution >= 4 is 16.7 Å². The third-order valence-corrected chi connectivity index (χ3v) is 2.86. The Bertz CT molecular complexity index is 582. The summed E-state index contributed by atoms with van der Waals surface area (Å²) in [5.74, 6) is -0.938. The van der Waals surface area contributed by atoms with Crippen LogP contribution in [-0.2, 0) is 5.41 Å². The molecule has 0 spiro atoms. The van der Waals surface area contributed by atoms with Crippen molar-refractivity contribution in [2.45, 2.75) is 26.2 Å². The third-order valence-electron chi connectivity index (χ3n) is 2.86. The van der Waals surface area contributed by atoms with E-state index in [1.54, 1.807) is 6.20 Å². The zero-order valence-corrected chi connectivity index (χ0v) is 10.2. The van der Waals surface area contributed by atoms with Gasteiger partial charge in [0.15, 0.2) is 0 Å². The number of carboxylic acid groups (broad SMARTS) is 1. The lowest BCUT2D eigenvalue weighted by Gasteiger charge is -2.19. The van der Waals surface area contributed by atoms with Gasteiger partial charge < -0.3 is 5.11 Å². The number of aromatic carboxylic acids is 1. The summed E-state index contributed by atoms with van der Waals surface area (Å²) in [7, 11) is 0. The number of hydrogen-bond donors (Lipinski definition) is 1. The summed E-state index contributed by atoms with van der Waals surface area (Å²) in [6.45, 7) is 6.38. The van der Waals surface area contributed by atoms with E-state index in [4.69, 9.17) is 5.11 Å². The fourth-order valence-corrected chi connectivity index (χ4v) is 1.81. The SMILES string of the molecule is CC(C)(C)c1ccc2c(C(=O)O)cncc2c1. The first-order valence-electron chi connectivity index (χ1n) is 5.51. The van der Waals surface area contributed by atoms with Crippen molar-refractivity contribution in [2.75, 3.05) is 0 Å². The Morgan fingerprint density at radius 1 is 1.24 bits per heavy atom. The highest BCUT2D eigenvalue weighted by Gasteiger charge is 2.15. The van der Waals surface area contributed by atoms with Gasteiger partial charge in [-0.1, -0.05) is 32.9 Å². The molecule has 1 aromatic heterocycles. The normalized spacial score (nSPS) is 11.7. The maximum Gasteiger partial charge on any atom is 0.337 e. The van der Waals surface area contributed by atoms with Crippen LogP contribution in [0.15, 0.2) is 30.6 Å². The minimum atomic E-state index is -0.938. The summed E-state index contributed by atoms with van der Waals surface area (Å²) in [5, 5.41) is 10.7. The number of aromatic nitrogens is 1. The molecule has 0 bridgehead atoms. The molecule has 1 N–H and O–H groups in total. The largest absolute Gasteiger partial charge is 0.478 e. The van der Waals surface area contributed by atoms with Gasteiger partial charge in [-0.3, -0.25) is 4.98 Å². The van der Waals surface area contributed by atoms with Crippen LogP contribution >= 0.6 is 0 Å². The first-order chi connectivity index (χ1) is 7.89. The van der Waals surface area contributed by atoms with Crippen LogP contribution in [0, 0.1) is 0 Å². The molecular weight excluding hydrogens is 214 g/mol. The Balaban J connectivity index is 2.69. The molecule has 0 aliphatic heterocycles. The monoisotopic (exact) mass is 229 g/mol. The van der Waals surface area contributed by atoms with Crippen molar-refractivity contribution in [1.29, 1.82) is 0 Å². The molecule has 0 saturated heterocycles. The smallest absolute Gasteiger partial charge is 0.337 e. The number of fused-ring (bicyclic) bond motifs is 1. The van der Waals surface area contributed by atoms with Crippen molar-refractivity contribution < 1.29 is 9.90 Å². The van der Waals surface area contributed by atoms with E-state index in [2.05, 4.69) is 25.8 Å². The lowest BCUT2D eigenvalue weighted by Crippen LogP contribution is -2.11. The molecule has 1 aromatic carbocycles. The molecule has 17 heavy (non-hydrogen) atoms. The Hall–Kier alpha value is -1.90. The summed E-state index contributed by atoms with van der Waals surface area (Å²) in [4.78, 5) is 15.0. The van der Waals surface area contributed by atoms with E-state index in [0.29, 0.717) is 0 Å². The second kappa shape index (κ2) is 3.84. The molecule has 3 nitrogen and oxygen atoms in total. The van der Waals surface area contributed by atoms with Gasteiger partial charge in [-0.2, -0.15) is 0 Å². The molecular formula is C14H15NO2. The Kier molecular flexibility index (Phi) is 2.62. The molecule has 0 aliphatic carbocycles. The van der Waals surface area contributed by atoms with Crippen molar-refractivity contribution in [3.05, 3.63) is 41.7 Å². The number of nitrogens with zero attached hydrogens (tertiary/aromatic N) is 1. The summed E-state index contributed by atoms with van der Waals surface area (Å²) in [5.41, 5.74) is 1.48. The first-order valence-corrected chi connectivity index (χ1v) is 5.51. The maximum absolute atomic E-state index is 11.1. The minimum Gasteiger partial charge on any atom is -0.478 e. The van der Waals surface area contributed by atoms with Gasteiger partial charge in [0.2, 0.25) is 0 Å². The number of rotatable bonds is 1. The van der Waals surface area contributed by atoms with Gasteiger partial charge in [-0.25, -0.2) is 4.79 Å². The van der Waals surface area contributed by atoms with Crippen molar-refractivity contribution in [1.82, 2.24) is 4.98 Å². The number of benzene rings is 1. The van der Waals surface area contributed by atoms with E-state index < -0.39 is 5.97 Å². The van der Waals surface area contributed by atoms with Crippen LogP contribution in [0.4, 0.5) is 0 Å². The highest BCUT2D eigenvalue weighted by molar-refractivity contribution is 6.03. The van der Waals surface area contributed by atoms with Crippen LogP contribution in [-0.4, -0.2) is 16.1 Å². The molecule has 2 aromatic rings. The van der Waals surface area contributed by atoms with Crippen LogP contribution in [0.1, 0.15) is 36.7 Å². The molecule has 0 atom stereocenters. The van der Waals surface area contributed by atoms with Gasteiger partial charge in [0, 0.05) is 17.8 Å². The molecule has 88 valence electrons. The van der Waals surface area contributed by atoms with E-state index in [9.17, 15) is 4.79 Å². The molecule has 0 aliphatic rings. The average Bonchev–Trinajstić information content (AvgIpc) is 2.26. The maximum atomic E-state index is 11.1. The zero-order valence-electron chi connectivity index (χ0n) is 10.2. The molecule has 0 radical (unpaired) electrons. The van der Waals surface area contributed by atoms with E-state index in [-0.39, 0.29) is 11.0 Å². The van der Waals surface area contributed by atoms with Crippen LogP contribution in [0.3, 0.4) is 0 Å². The predicted octanol–water partition coefficient (Wildman–Crippen LogP) is 3.23. The van der Waals surface area contributed by atoms with Crippen molar-refractivity contribution in [3.63, 3.8) is 0 Å². The van der Waals surface area contributed by atoms with Gasteiger partial charge >= 0.3 is 5.97 Å². The predicted molar refractivity (Wildman–Crippen MR) is 67.4 cm³/mol. The summed E-state index contributed by atoms with van der Waals surface area (Å²) in [6, 6.07) is 5.85. The van der Waals surface area contributed by atoms with Crippen LogP contribution in [0.5, 0.6) is 0 Å². The molecule has 0 unspecified atom stereocenters. The topological polar surface area (TPSA) is 50.2 Å². The Morgan fingerprint density at radius 3 is 2.53 bits per heavy atom. The molecule has 3 heteroatoms. The van der Waals surface area contributed by atoms with Gasteiger partial charge in [0.1, 0.15) is 0 Å². The number of hydrogen-bond acceptors (Lipinski definition) is 2. The van der Waals surface area contributed by atoms with Crippen molar-refractivity contribution in [3.8, 4) is 0 Å².